The minimum atomic E-state index is -2.99. The lowest BCUT2D eigenvalue weighted by atomic mass is 9.54. The summed E-state index contributed by atoms with van der Waals surface area (Å²) < 4.78 is 0. The number of likely N-dealkylation sites (N-methyl/N-ethyl adjacent to an activating group) is 2. The lowest BCUT2D eigenvalue weighted by Crippen LogP contribution is -2.70. The Morgan fingerprint density at radius 3 is 2.24 bits per heavy atom. The molecular formula is C28H36N4O9. The molecule has 1 saturated carbocycles. The van der Waals surface area contributed by atoms with Crippen LogP contribution in [0.25, 0.3) is 5.76 Å². The van der Waals surface area contributed by atoms with Crippen molar-refractivity contribution < 1.29 is 44.7 Å². The third-order valence-corrected chi connectivity index (χ3v) is 8.67. The van der Waals surface area contributed by atoms with E-state index in [9.17, 15) is 44.7 Å². The summed E-state index contributed by atoms with van der Waals surface area (Å²) in [5.74, 6) is -10.2. The van der Waals surface area contributed by atoms with Crippen molar-refractivity contribution in [2.45, 2.75) is 44.4 Å². The molecular weight excluding hydrogens is 536 g/mol. The van der Waals surface area contributed by atoms with E-state index in [0.717, 1.165) is 0 Å². The van der Waals surface area contributed by atoms with Crippen LogP contribution in [0.1, 0.15) is 37.8 Å². The van der Waals surface area contributed by atoms with Crippen LogP contribution in [0.4, 0.5) is 5.69 Å². The van der Waals surface area contributed by atoms with Crippen LogP contribution in [-0.4, -0.2) is 110 Å². The molecule has 8 N–H and O–H groups in total. The van der Waals surface area contributed by atoms with Gasteiger partial charge in [0.25, 0.3) is 5.91 Å². The number of fused-ring (bicyclic) bond motifs is 3. The summed E-state index contributed by atoms with van der Waals surface area (Å²) in [7, 11) is 2.88. The predicted molar refractivity (Wildman–Crippen MR) is 147 cm³/mol. The number of nitrogens with zero attached hydrogens (tertiary/aromatic N) is 2. The van der Waals surface area contributed by atoms with Gasteiger partial charge in [0, 0.05) is 11.5 Å². The fraction of sp³-hybridized carbons (Fsp3) is 0.500. The number of carbonyl (C=O) groups is 4. The van der Waals surface area contributed by atoms with Gasteiger partial charge in [-0.25, -0.2) is 0 Å². The van der Waals surface area contributed by atoms with Gasteiger partial charge in [-0.15, -0.1) is 0 Å². The number of hydrogen-bond acceptors (Lipinski definition) is 11. The molecule has 4 rings (SSSR count). The SMILES string of the molecule is CCN(CC)CC(=O)Nc1ccc2c(c1O)C(O)=C1C(=O)[C@]3(O)C(O)=C(C(N)=O)C(=O)[C@@H](N(C)C)C3C(O)C1C2C. The average molecular weight is 573 g/mol. The van der Waals surface area contributed by atoms with Crippen LogP contribution in [0, 0.1) is 11.8 Å². The highest BCUT2D eigenvalue weighted by molar-refractivity contribution is 6.24. The minimum Gasteiger partial charge on any atom is -0.508 e. The topological polar surface area (TPSA) is 214 Å². The molecule has 4 unspecified atom stereocenters. The van der Waals surface area contributed by atoms with E-state index >= 15 is 0 Å². The summed E-state index contributed by atoms with van der Waals surface area (Å²) in [6.07, 6.45) is -1.68. The molecule has 0 aliphatic heterocycles. The third-order valence-electron chi connectivity index (χ3n) is 8.67. The van der Waals surface area contributed by atoms with Gasteiger partial charge in [-0.3, -0.25) is 29.0 Å². The van der Waals surface area contributed by atoms with Gasteiger partial charge >= 0.3 is 0 Å². The molecule has 0 radical (unpaired) electrons. The number of hydrogen-bond donors (Lipinski definition) is 7. The van der Waals surface area contributed by atoms with Crippen LogP contribution in [-0.2, 0) is 19.2 Å². The number of phenolic OH excluding ortho intramolecular Hbond substituents is 1. The number of anilines is 1. The third kappa shape index (κ3) is 4.31. The number of nitrogens with two attached hydrogens (primary N) is 1. The number of Topliss-reactive ketones (excluding diaryl/α,β-unsaturated/α-hetero) is 2. The Morgan fingerprint density at radius 1 is 1.10 bits per heavy atom. The number of carbonyl (C=O) groups excluding carboxylic acids is 4. The summed E-state index contributed by atoms with van der Waals surface area (Å²) in [4.78, 5) is 55.1. The maximum atomic E-state index is 14.0. The van der Waals surface area contributed by atoms with Crippen LogP contribution in [0.3, 0.4) is 0 Å². The first-order valence-corrected chi connectivity index (χ1v) is 13.4. The summed E-state index contributed by atoms with van der Waals surface area (Å²) >= 11 is 0. The van der Waals surface area contributed by atoms with Crippen molar-refractivity contribution in [2.24, 2.45) is 17.6 Å². The van der Waals surface area contributed by atoms with E-state index in [4.69, 9.17) is 5.73 Å². The summed E-state index contributed by atoms with van der Waals surface area (Å²) in [5.41, 5.74) is 0.971. The number of benzene rings is 1. The lowest BCUT2D eigenvalue weighted by molar-refractivity contribution is -0.169. The number of rotatable bonds is 7. The smallest absolute Gasteiger partial charge is 0.255 e. The molecule has 6 atom stereocenters. The largest absolute Gasteiger partial charge is 0.508 e. The van der Waals surface area contributed by atoms with Gasteiger partial charge in [0.1, 0.15) is 22.8 Å². The number of nitrogens with one attached hydrogen (secondary N) is 1. The van der Waals surface area contributed by atoms with E-state index in [1.54, 1.807) is 6.92 Å². The van der Waals surface area contributed by atoms with Crippen molar-refractivity contribution in [3.63, 3.8) is 0 Å². The molecule has 1 aromatic rings. The Hall–Kier alpha value is -3.78. The van der Waals surface area contributed by atoms with E-state index in [1.807, 2.05) is 18.7 Å². The Labute approximate surface area is 236 Å². The quantitative estimate of drug-likeness (QED) is 0.167. The maximum Gasteiger partial charge on any atom is 0.255 e. The first-order valence-electron chi connectivity index (χ1n) is 13.4. The second kappa shape index (κ2) is 10.6. The molecule has 0 heterocycles. The van der Waals surface area contributed by atoms with Crippen molar-refractivity contribution >= 4 is 34.8 Å². The predicted octanol–water partition coefficient (Wildman–Crippen LogP) is -0.224. The standard InChI is InChI=1S/C28H36N4O9/c1-6-32(7-2)10-14(33)30-13-9-8-12-11(3)15-17(22(35)16(12)21(13)34)25(38)28(41)19(23(15)36)20(31(4)5)24(37)18(26(28)39)27(29)40/h8-9,11,15,19-20,23,34-36,39,41H,6-7,10H2,1-5H3,(H2,29,40)(H,30,33)/t11?,15?,19?,20-,23?,28-/m0/s1. The van der Waals surface area contributed by atoms with Gasteiger partial charge in [-0.05, 0) is 44.7 Å². The van der Waals surface area contributed by atoms with Gasteiger partial charge in [-0.2, -0.15) is 0 Å². The van der Waals surface area contributed by atoms with E-state index in [-0.39, 0.29) is 17.8 Å². The van der Waals surface area contributed by atoms with E-state index in [1.165, 1.54) is 31.1 Å². The Morgan fingerprint density at radius 2 is 1.71 bits per heavy atom. The van der Waals surface area contributed by atoms with Gasteiger partial charge < -0.3 is 36.6 Å². The maximum absolute atomic E-state index is 14.0. The number of primary amides is 1. The number of aliphatic hydroxyl groups is 4. The fourth-order valence-electron chi connectivity index (χ4n) is 6.56. The fourth-order valence-corrected chi connectivity index (χ4v) is 6.56. The van der Waals surface area contributed by atoms with Crippen molar-refractivity contribution in [1.82, 2.24) is 9.80 Å². The molecule has 3 aliphatic carbocycles. The Bertz CT molecular complexity index is 1400. The van der Waals surface area contributed by atoms with Crippen LogP contribution >= 0.6 is 0 Å². The summed E-state index contributed by atoms with van der Waals surface area (Å²) in [5, 5.41) is 59.5. The molecule has 13 heteroatoms. The molecule has 13 nitrogen and oxygen atoms in total. The second-order valence-electron chi connectivity index (χ2n) is 11.0. The van der Waals surface area contributed by atoms with E-state index < -0.39 is 87.3 Å². The number of aliphatic hydroxyl groups excluding tert-OH is 3. The molecule has 3 aliphatic rings. The normalized spacial score (nSPS) is 29.4. The zero-order chi connectivity index (χ0) is 30.7. The first-order chi connectivity index (χ1) is 19.1. The second-order valence-corrected chi connectivity index (χ2v) is 11.0. The zero-order valence-electron chi connectivity index (χ0n) is 23.5. The monoisotopic (exact) mass is 572 g/mol. The van der Waals surface area contributed by atoms with Crippen LogP contribution < -0.4 is 11.1 Å². The summed E-state index contributed by atoms with van der Waals surface area (Å²) in [6, 6.07) is 1.55. The molecule has 2 amide bonds. The van der Waals surface area contributed by atoms with Gasteiger partial charge in [0.05, 0.1) is 35.9 Å². The molecule has 0 spiro atoms. The zero-order valence-corrected chi connectivity index (χ0v) is 23.5. The number of aromatic hydroxyl groups is 1. The van der Waals surface area contributed by atoms with Crippen LogP contribution in [0.15, 0.2) is 29.0 Å². The number of amides is 2. The molecule has 222 valence electrons. The van der Waals surface area contributed by atoms with Crippen molar-refractivity contribution in [1.29, 1.82) is 0 Å². The Balaban J connectivity index is 1.90. The molecule has 0 bridgehead atoms. The van der Waals surface area contributed by atoms with Gasteiger partial charge in [0.2, 0.25) is 11.7 Å². The van der Waals surface area contributed by atoms with Crippen LogP contribution in [0.2, 0.25) is 0 Å². The molecule has 1 fully saturated rings. The van der Waals surface area contributed by atoms with Crippen molar-refractivity contribution in [3.8, 4) is 5.75 Å². The highest BCUT2D eigenvalue weighted by Gasteiger charge is 2.68. The molecule has 1 aromatic carbocycles. The molecule has 41 heavy (non-hydrogen) atoms. The average Bonchev–Trinajstić information content (AvgIpc) is 2.90. The Kier molecular flexibility index (Phi) is 7.78. The van der Waals surface area contributed by atoms with Crippen molar-refractivity contribution in [2.75, 3.05) is 39.0 Å². The van der Waals surface area contributed by atoms with Crippen molar-refractivity contribution in [3.05, 3.63) is 40.2 Å². The van der Waals surface area contributed by atoms with E-state index in [2.05, 4.69) is 5.32 Å². The summed E-state index contributed by atoms with van der Waals surface area (Å²) in [6.45, 7) is 6.72. The highest BCUT2D eigenvalue weighted by Crippen LogP contribution is 2.56. The molecule has 0 aromatic heterocycles. The van der Waals surface area contributed by atoms with Gasteiger partial charge in [-0.1, -0.05) is 26.8 Å². The minimum absolute atomic E-state index is 0.0335. The first kappa shape index (κ1) is 30.2. The lowest BCUT2D eigenvalue weighted by Gasteiger charge is -2.53. The number of phenols is 1. The molecule has 0 saturated heterocycles. The van der Waals surface area contributed by atoms with Gasteiger partial charge in [0.15, 0.2) is 11.4 Å². The van der Waals surface area contributed by atoms with E-state index in [0.29, 0.717) is 18.7 Å². The highest BCUT2D eigenvalue weighted by atomic mass is 16.4. The number of ketones is 2. The van der Waals surface area contributed by atoms with Crippen LogP contribution in [0.5, 0.6) is 5.75 Å².